The zero-order valence-electron chi connectivity index (χ0n) is 12.0. The maximum atomic E-state index is 5.96. The summed E-state index contributed by atoms with van der Waals surface area (Å²) in [7, 11) is 0. The Bertz CT molecular complexity index is 596. The predicted octanol–water partition coefficient (Wildman–Crippen LogP) is 3.86. The fourth-order valence-electron chi connectivity index (χ4n) is 1.96. The van der Waals surface area contributed by atoms with E-state index >= 15 is 0 Å². The zero-order valence-corrected chi connectivity index (χ0v) is 13.6. The minimum Gasteiger partial charge on any atom is -0.362 e. The Kier molecular flexibility index (Phi) is 6.03. The van der Waals surface area contributed by atoms with Crippen molar-refractivity contribution in [3.8, 4) is 0 Å². The summed E-state index contributed by atoms with van der Waals surface area (Å²) in [5.74, 6) is 0. The van der Waals surface area contributed by atoms with Gasteiger partial charge in [-0.1, -0.05) is 53.6 Å². The van der Waals surface area contributed by atoms with Crippen LogP contribution in [0.1, 0.15) is 16.7 Å². The van der Waals surface area contributed by atoms with Crippen LogP contribution in [0.25, 0.3) is 0 Å². The summed E-state index contributed by atoms with van der Waals surface area (Å²) >= 11 is 11.2. The normalized spacial score (nSPS) is 10.2. The molecule has 110 valence electrons. The van der Waals surface area contributed by atoms with E-state index in [1.54, 1.807) is 0 Å². The molecule has 0 aliphatic rings. The largest absolute Gasteiger partial charge is 0.362 e. The molecule has 0 spiro atoms. The summed E-state index contributed by atoms with van der Waals surface area (Å²) in [5, 5.41) is 7.87. The molecule has 0 amide bonds. The zero-order chi connectivity index (χ0) is 15.1. The number of halogens is 1. The van der Waals surface area contributed by atoms with Crippen LogP contribution in [0.2, 0.25) is 5.02 Å². The van der Waals surface area contributed by atoms with E-state index in [0.717, 1.165) is 24.5 Å². The van der Waals surface area contributed by atoms with Crippen LogP contribution in [0.5, 0.6) is 0 Å². The molecule has 2 aromatic rings. The maximum Gasteiger partial charge on any atom is 0.166 e. The highest BCUT2D eigenvalue weighted by molar-refractivity contribution is 7.80. The van der Waals surface area contributed by atoms with E-state index in [4.69, 9.17) is 23.8 Å². The average molecular weight is 319 g/mol. The van der Waals surface area contributed by atoms with Crippen LogP contribution in [-0.4, -0.2) is 11.7 Å². The Labute approximate surface area is 136 Å². The van der Waals surface area contributed by atoms with Crippen molar-refractivity contribution in [1.82, 2.24) is 10.6 Å². The van der Waals surface area contributed by atoms with Gasteiger partial charge < -0.3 is 10.6 Å². The van der Waals surface area contributed by atoms with E-state index < -0.39 is 0 Å². The van der Waals surface area contributed by atoms with E-state index in [9.17, 15) is 0 Å². The molecular formula is C17H19ClN2S. The Morgan fingerprint density at radius 2 is 1.81 bits per heavy atom. The average Bonchev–Trinajstić information content (AvgIpc) is 2.47. The lowest BCUT2D eigenvalue weighted by molar-refractivity contribution is 0.814. The first-order chi connectivity index (χ1) is 10.1. The fourth-order valence-corrected chi connectivity index (χ4v) is 2.35. The van der Waals surface area contributed by atoms with Gasteiger partial charge in [-0.25, -0.2) is 0 Å². The molecule has 0 atom stereocenters. The second-order valence-corrected chi connectivity index (χ2v) is 5.82. The van der Waals surface area contributed by atoms with Gasteiger partial charge in [0.15, 0.2) is 5.11 Å². The Morgan fingerprint density at radius 3 is 2.52 bits per heavy atom. The minimum absolute atomic E-state index is 0.678. The summed E-state index contributed by atoms with van der Waals surface area (Å²) < 4.78 is 0. The second-order valence-electron chi connectivity index (χ2n) is 4.97. The van der Waals surface area contributed by atoms with Gasteiger partial charge in [0.05, 0.1) is 0 Å². The molecule has 2 aromatic carbocycles. The standard InChI is InChI=1S/C17H19ClN2S/c1-13-5-7-15(8-6-13)12-20-17(21)19-10-9-14-3-2-4-16(18)11-14/h2-8,11H,9-10,12H2,1H3,(H2,19,20,21). The van der Waals surface area contributed by atoms with E-state index in [1.165, 1.54) is 16.7 Å². The molecule has 2 nitrogen and oxygen atoms in total. The smallest absolute Gasteiger partial charge is 0.166 e. The Hall–Kier alpha value is -1.58. The molecule has 0 aliphatic heterocycles. The van der Waals surface area contributed by atoms with E-state index in [-0.39, 0.29) is 0 Å². The lowest BCUT2D eigenvalue weighted by atomic mass is 10.1. The van der Waals surface area contributed by atoms with Gasteiger partial charge in [-0.05, 0) is 48.8 Å². The van der Waals surface area contributed by atoms with Crippen LogP contribution in [0.3, 0.4) is 0 Å². The van der Waals surface area contributed by atoms with Crippen LogP contribution in [0.4, 0.5) is 0 Å². The molecule has 0 saturated heterocycles. The Morgan fingerprint density at radius 1 is 1.05 bits per heavy atom. The number of benzene rings is 2. The lowest BCUT2D eigenvalue weighted by Crippen LogP contribution is -2.35. The molecule has 0 fully saturated rings. The van der Waals surface area contributed by atoms with Crippen LogP contribution in [-0.2, 0) is 13.0 Å². The summed E-state index contributed by atoms with van der Waals surface area (Å²) in [5.41, 5.74) is 3.69. The van der Waals surface area contributed by atoms with Gasteiger partial charge in [0.2, 0.25) is 0 Å². The van der Waals surface area contributed by atoms with Crippen LogP contribution < -0.4 is 10.6 Å². The minimum atomic E-state index is 0.678. The molecule has 2 N–H and O–H groups in total. The van der Waals surface area contributed by atoms with Crippen molar-refractivity contribution in [2.75, 3.05) is 6.54 Å². The number of rotatable bonds is 5. The van der Waals surface area contributed by atoms with Crippen LogP contribution in [0, 0.1) is 6.92 Å². The highest BCUT2D eigenvalue weighted by Crippen LogP contribution is 2.10. The van der Waals surface area contributed by atoms with Crippen molar-refractivity contribution in [3.05, 3.63) is 70.2 Å². The quantitative estimate of drug-likeness (QED) is 0.819. The molecule has 0 radical (unpaired) electrons. The first-order valence-electron chi connectivity index (χ1n) is 6.95. The fraction of sp³-hybridized carbons (Fsp3) is 0.235. The summed E-state index contributed by atoms with van der Waals surface area (Å²) in [6, 6.07) is 16.3. The van der Waals surface area contributed by atoms with Gasteiger partial charge in [0.1, 0.15) is 0 Å². The molecule has 4 heteroatoms. The molecular weight excluding hydrogens is 300 g/mol. The SMILES string of the molecule is Cc1ccc(CNC(=S)NCCc2cccc(Cl)c2)cc1. The summed E-state index contributed by atoms with van der Waals surface area (Å²) in [6.07, 6.45) is 0.896. The van der Waals surface area contributed by atoms with Crippen molar-refractivity contribution < 1.29 is 0 Å². The van der Waals surface area contributed by atoms with E-state index in [2.05, 4.69) is 47.9 Å². The molecule has 21 heavy (non-hydrogen) atoms. The number of aryl methyl sites for hydroxylation is 1. The van der Waals surface area contributed by atoms with Gasteiger partial charge in [-0.15, -0.1) is 0 Å². The van der Waals surface area contributed by atoms with Gasteiger partial charge >= 0.3 is 0 Å². The predicted molar refractivity (Wildman–Crippen MR) is 93.8 cm³/mol. The third-order valence-corrected chi connectivity index (χ3v) is 3.69. The van der Waals surface area contributed by atoms with Crippen molar-refractivity contribution >= 4 is 28.9 Å². The molecule has 0 unspecified atom stereocenters. The maximum absolute atomic E-state index is 5.96. The van der Waals surface area contributed by atoms with E-state index in [0.29, 0.717) is 5.11 Å². The molecule has 0 heterocycles. The van der Waals surface area contributed by atoms with Crippen molar-refractivity contribution in [2.24, 2.45) is 0 Å². The number of thiocarbonyl (C=S) groups is 1. The molecule has 0 aromatic heterocycles. The van der Waals surface area contributed by atoms with Crippen molar-refractivity contribution in [3.63, 3.8) is 0 Å². The third kappa shape index (κ3) is 5.74. The first-order valence-corrected chi connectivity index (χ1v) is 7.74. The monoisotopic (exact) mass is 318 g/mol. The van der Waals surface area contributed by atoms with E-state index in [1.807, 2.05) is 18.2 Å². The summed E-state index contributed by atoms with van der Waals surface area (Å²) in [6.45, 7) is 3.61. The second kappa shape index (κ2) is 8.01. The van der Waals surface area contributed by atoms with Gasteiger partial charge in [0.25, 0.3) is 0 Å². The molecule has 0 aliphatic carbocycles. The molecule has 2 rings (SSSR count). The highest BCUT2D eigenvalue weighted by atomic mass is 35.5. The van der Waals surface area contributed by atoms with Gasteiger partial charge in [-0.2, -0.15) is 0 Å². The van der Waals surface area contributed by atoms with Gasteiger partial charge in [-0.3, -0.25) is 0 Å². The molecule has 0 bridgehead atoms. The van der Waals surface area contributed by atoms with Crippen molar-refractivity contribution in [2.45, 2.75) is 19.9 Å². The van der Waals surface area contributed by atoms with Gasteiger partial charge in [0, 0.05) is 18.1 Å². The summed E-state index contributed by atoms with van der Waals surface area (Å²) in [4.78, 5) is 0. The topological polar surface area (TPSA) is 24.1 Å². The van der Waals surface area contributed by atoms with Crippen molar-refractivity contribution in [1.29, 1.82) is 0 Å². The van der Waals surface area contributed by atoms with Crippen LogP contribution >= 0.6 is 23.8 Å². The highest BCUT2D eigenvalue weighted by Gasteiger charge is 1.98. The third-order valence-electron chi connectivity index (χ3n) is 3.16. The number of hydrogen-bond donors (Lipinski definition) is 2. The molecule has 0 saturated carbocycles. The number of hydrogen-bond acceptors (Lipinski definition) is 1. The first kappa shape index (κ1) is 15.8. The number of nitrogens with one attached hydrogen (secondary N) is 2. The van der Waals surface area contributed by atoms with Crippen LogP contribution in [0.15, 0.2) is 48.5 Å². The Balaban J connectivity index is 1.69. The lowest BCUT2D eigenvalue weighted by Gasteiger charge is -2.11.